The van der Waals surface area contributed by atoms with Gasteiger partial charge in [0, 0.05) is 22.7 Å². The molecule has 0 fully saturated rings. The van der Waals surface area contributed by atoms with Crippen LogP contribution in [0.25, 0.3) is 0 Å². The van der Waals surface area contributed by atoms with E-state index in [1.54, 1.807) is 12.1 Å². The highest BCUT2D eigenvalue weighted by Crippen LogP contribution is 2.57. The maximum absolute atomic E-state index is 14.3. The Kier molecular flexibility index (Phi) is 8.05. The third-order valence-electron chi connectivity index (χ3n) is 4.77. The molecule has 0 aliphatic rings. The molecule has 0 saturated carbocycles. The molecule has 30 heavy (non-hydrogen) atoms. The minimum Gasteiger partial charge on any atom is -0.313 e. The summed E-state index contributed by atoms with van der Waals surface area (Å²) in [4.78, 5) is 0. The van der Waals surface area contributed by atoms with Crippen LogP contribution < -0.4 is 10.6 Å². The third-order valence-corrected chi connectivity index (χ3v) is 9.13. The summed E-state index contributed by atoms with van der Waals surface area (Å²) >= 11 is 1.94. The summed E-state index contributed by atoms with van der Waals surface area (Å²) in [6.07, 6.45) is -8.22. The van der Waals surface area contributed by atoms with E-state index in [-0.39, 0.29) is 23.5 Å². The van der Waals surface area contributed by atoms with E-state index in [2.05, 4.69) is 0 Å². The molecule has 2 rings (SSSR count). The van der Waals surface area contributed by atoms with Gasteiger partial charge in [0.15, 0.2) is 0 Å². The number of alkyl halides is 8. The van der Waals surface area contributed by atoms with Crippen LogP contribution in [0.15, 0.2) is 60.7 Å². The number of hydrogen-bond donors (Lipinski definition) is 0. The molecule has 166 valence electrons. The Hall–Kier alpha value is -1.09. The Labute approximate surface area is 183 Å². The molecule has 0 saturated heterocycles. The molecule has 0 spiro atoms. The summed E-state index contributed by atoms with van der Waals surface area (Å²) in [7, 11) is -3.97. The molecule has 0 heterocycles. The van der Waals surface area contributed by atoms with Crippen LogP contribution in [0, 0.1) is 0 Å². The van der Waals surface area contributed by atoms with Crippen molar-refractivity contribution in [1.29, 1.82) is 0 Å². The largest absolute Gasteiger partial charge is 0.459 e. The molecule has 0 N–H and O–H groups in total. The first kappa shape index (κ1) is 25.2. The number of halogens is 8. The van der Waals surface area contributed by atoms with Gasteiger partial charge in [0.05, 0.1) is 0 Å². The highest BCUT2D eigenvalue weighted by Gasteiger charge is 2.73. The summed E-state index contributed by atoms with van der Waals surface area (Å²) in [5.41, 5.74) is -1.60. The van der Waals surface area contributed by atoms with E-state index in [4.69, 9.17) is 0 Å². The van der Waals surface area contributed by atoms with Gasteiger partial charge in [-0.1, -0.05) is 83.3 Å². The van der Waals surface area contributed by atoms with Crippen LogP contribution in [0.3, 0.4) is 0 Å². The minimum absolute atomic E-state index is 0.140. The Morgan fingerprint density at radius 2 is 1.23 bits per heavy atom. The summed E-state index contributed by atoms with van der Waals surface area (Å²) in [6.45, 7) is 0. The van der Waals surface area contributed by atoms with E-state index < -0.39 is 37.2 Å². The van der Waals surface area contributed by atoms with Gasteiger partial charge >= 0.3 is 18.0 Å². The van der Waals surface area contributed by atoms with E-state index in [9.17, 15) is 35.3 Å². The minimum atomic E-state index is -6.42. The van der Waals surface area contributed by atoms with Gasteiger partial charge in [-0.25, -0.2) is 0 Å². The molecule has 2 aromatic carbocycles. The van der Waals surface area contributed by atoms with Gasteiger partial charge in [-0.15, -0.1) is 0 Å². The van der Waals surface area contributed by atoms with Crippen molar-refractivity contribution in [2.45, 2.75) is 42.9 Å². The van der Waals surface area contributed by atoms with E-state index in [1.165, 1.54) is 48.5 Å². The van der Waals surface area contributed by atoms with Crippen LogP contribution in [0.1, 0.15) is 19.3 Å². The first-order valence-electron chi connectivity index (χ1n) is 8.97. The predicted octanol–water partition coefficient (Wildman–Crippen LogP) is 6.81. The molecule has 2 aromatic rings. The lowest BCUT2D eigenvalue weighted by atomic mass is 10.0. The molecule has 10 heteroatoms. The van der Waals surface area contributed by atoms with Gasteiger partial charge in [0.1, 0.15) is 7.14 Å². The van der Waals surface area contributed by atoms with E-state index in [0.717, 1.165) is 0 Å². The first-order chi connectivity index (χ1) is 13.9. The zero-order valence-corrected chi connectivity index (χ0v) is 18.6. The standard InChI is InChI=1S/C20H19F7IOP/c21-18(22,19(23,24)20(25,26)27)14-17(12-7-13-28)30(29,15-8-3-1-4-9-15)16-10-5-2-6-11-16/h1-6,8-11,17H,7,12-14H2. The van der Waals surface area contributed by atoms with Crippen molar-refractivity contribution >= 4 is 40.3 Å². The summed E-state index contributed by atoms with van der Waals surface area (Å²) in [5.74, 6) is -11.7. The zero-order chi connectivity index (χ0) is 22.6. The molecule has 0 radical (unpaired) electrons. The lowest BCUT2D eigenvalue weighted by Crippen LogP contribution is -2.53. The quantitative estimate of drug-likeness (QED) is 0.141. The van der Waals surface area contributed by atoms with E-state index >= 15 is 0 Å². The lowest BCUT2D eigenvalue weighted by molar-refractivity contribution is -0.355. The van der Waals surface area contributed by atoms with Crippen LogP contribution in [0.5, 0.6) is 0 Å². The van der Waals surface area contributed by atoms with Gasteiger partial charge in [-0.2, -0.15) is 30.7 Å². The van der Waals surface area contributed by atoms with Gasteiger partial charge in [-0.3, -0.25) is 0 Å². The van der Waals surface area contributed by atoms with Crippen molar-refractivity contribution in [2.24, 2.45) is 0 Å². The van der Waals surface area contributed by atoms with Crippen LogP contribution in [-0.4, -0.2) is 28.1 Å². The average Bonchev–Trinajstić information content (AvgIpc) is 2.70. The van der Waals surface area contributed by atoms with Gasteiger partial charge in [0.25, 0.3) is 0 Å². The molecule has 0 amide bonds. The third kappa shape index (κ3) is 5.03. The van der Waals surface area contributed by atoms with Crippen LogP contribution in [-0.2, 0) is 4.57 Å². The predicted molar refractivity (Wildman–Crippen MR) is 112 cm³/mol. The zero-order valence-electron chi connectivity index (χ0n) is 15.6. The SMILES string of the molecule is O=P(c1ccccc1)(c1ccccc1)C(CCCI)CC(F)(F)C(F)(F)C(F)(F)F. The summed E-state index contributed by atoms with van der Waals surface area (Å²) in [6, 6.07) is 15.0. The topological polar surface area (TPSA) is 17.1 Å². The van der Waals surface area contributed by atoms with Crippen LogP contribution in [0.2, 0.25) is 0 Å². The van der Waals surface area contributed by atoms with Crippen LogP contribution in [0.4, 0.5) is 30.7 Å². The Morgan fingerprint density at radius 1 is 0.800 bits per heavy atom. The molecule has 0 bridgehead atoms. The van der Waals surface area contributed by atoms with E-state index in [1.807, 2.05) is 22.6 Å². The molecule has 1 nitrogen and oxygen atoms in total. The maximum Gasteiger partial charge on any atom is 0.459 e. The molecule has 0 aliphatic carbocycles. The Balaban J connectivity index is 2.62. The van der Waals surface area contributed by atoms with Crippen LogP contribution >= 0.6 is 29.7 Å². The number of hydrogen-bond acceptors (Lipinski definition) is 1. The van der Waals surface area contributed by atoms with Crippen molar-refractivity contribution in [3.8, 4) is 0 Å². The van der Waals surface area contributed by atoms with Crippen molar-refractivity contribution in [3.05, 3.63) is 60.7 Å². The highest BCUT2D eigenvalue weighted by atomic mass is 127. The van der Waals surface area contributed by atoms with Gasteiger partial charge in [-0.05, 0) is 17.3 Å². The van der Waals surface area contributed by atoms with Crippen molar-refractivity contribution < 1.29 is 35.3 Å². The second-order valence-electron chi connectivity index (χ2n) is 6.79. The second-order valence-corrected chi connectivity index (χ2v) is 11.0. The Morgan fingerprint density at radius 3 is 1.60 bits per heavy atom. The smallest absolute Gasteiger partial charge is 0.313 e. The normalized spacial score (nSPS) is 14.5. The molecular formula is C20H19F7IOP. The molecule has 0 aliphatic heterocycles. The number of rotatable bonds is 9. The fraction of sp³-hybridized carbons (Fsp3) is 0.400. The number of benzene rings is 2. The summed E-state index contributed by atoms with van der Waals surface area (Å²) in [5, 5.41) is 0.279. The van der Waals surface area contributed by atoms with Crippen molar-refractivity contribution in [3.63, 3.8) is 0 Å². The van der Waals surface area contributed by atoms with Crippen molar-refractivity contribution in [2.75, 3.05) is 4.43 Å². The maximum atomic E-state index is 14.3. The lowest BCUT2D eigenvalue weighted by Gasteiger charge is -2.34. The van der Waals surface area contributed by atoms with Gasteiger partial charge in [0.2, 0.25) is 0 Å². The molecule has 1 atom stereocenters. The average molecular weight is 566 g/mol. The van der Waals surface area contributed by atoms with E-state index in [0.29, 0.717) is 4.43 Å². The summed E-state index contributed by atoms with van der Waals surface area (Å²) < 4.78 is 109. The molecule has 1 unspecified atom stereocenters. The Bertz CT molecular complexity index is 813. The molecular weight excluding hydrogens is 547 g/mol. The second kappa shape index (κ2) is 9.59. The fourth-order valence-corrected chi connectivity index (χ4v) is 7.07. The van der Waals surface area contributed by atoms with Crippen molar-refractivity contribution in [1.82, 2.24) is 0 Å². The highest BCUT2D eigenvalue weighted by molar-refractivity contribution is 14.1. The first-order valence-corrected chi connectivity index (χ1v) is 12.3. The molecule has 0 aromatic heterocycles. The fourth-order valence-electron chi connectivity index (χ4n) is 3.23. The monoisotopic (exact) mass is 566 g/mol. The van der Waals surface area contributed by atoms with Gasteiger partial charge < -0.3 is 4.57 Å².